The van der Waals surface area contributed by atoms with Crippen molar-refractivity contribution in [2.75, 3.05) is 25.0 Å². The summed E-state index contributed by atoms with van der Waals surface area (Å²) in [5.41, 5.74) is 0. The van der Waals surface area contributed by atoms with Gasteiger partial charge in [-0.25, -0.2) is 0 Å². The lowest BCUT2D eigenvalue weighted by Gasteiger charge is -2.12. The quantitative estimate of drug-likeness (QED) is 0.831. The number of hydrogen-bond acceptors (Lipinski definition) is 5. The van der Waals surface area contributed by atoms with E-state index in [-0.39, 0.29) is 5.91 Å². The lowest BCUT2D eigenvalue weighted by atomic mass is 10.4. The molecule has 82 valence electrons. The maximum atomic E-state index is 11.6. The highest BCUT2D eigenvalue weighted by atomic mass is 32.1. The monoisotopic (exact) mass is 226 g/mol. The van der Waals surface area contributed by atoms with E-state index in [0.717, 1.165) is 18.1 Å². The number of rotatable bonds is 3. The zero-order chi connectivity index (χ0) is 10.7. The molecule has 6 heteroatoms. The standard InChI is InChI=1S/C9H14N4OS/c1-7-11-12-9(15-7)10-8(14)6-13-4-2-3-5-13/h2-6H2,1H3,(H,10,12,14). The second-order valence-electron chi connectivity index (χ2n) is 3.66. The van der Waals surface area contributed by atoms with Crippen LogP contribution in [0.5, 0.6) is 0 Å². The molecule has 0 aromatic carbocycles. The van der Waals surface area contributed by atoms with Crippen LogP contribution < -0.4 is 5.32 Å². The summed E-state index contributed by atoms with van der Waals surface area (Å²) in [5.74, 6) is 0.00745. The molecular formula is C9H14N4OS. The minimum atomic E-state index is 0.00745. The Morgan fingerprint density at radius 1 is 1.47 bits per heavy atom. The van der Waals surface area contributed by atoms with Gasteiger partial charge in [-0.1, -0.05) is 11.3 Å². The molecule has 5 nitrogen and oxygen atoms in total. The van der Waals surface area contributed by atoms with Gasteiger partial charge < -0.3 is 0 Å². The summed E-state index contributed by atoms with van der Waals surface area (Å²) in [5, 5.41) is 11.9. The molecule has 0 radical (unpaired) electrons. The molecule has 1 N–H and O–H groups in total. The molecule has 15 heavy (non-hydrogen) atoms. The van der Waals surface area contributed by atoms with Gasteiger partial charge in [-0.2, -0.15) is 0 Å². The van der Waals surface area contributed by atoms with Crippen molar-refractivity contribution in [3.8, 4) is 0 Å². The van der Waals surface area contributed by atoms with Gasteiger partial charge in [-0.3, -0.25) is 15.0 Å². The first kappa shape index (κ1) is 10.5. The summed E-state index contributed by atoms with van der Waals surface area (Å²) >= 11 is 1.40. The summed E-state index contributed by atoms with van der Waals surface area (Å²) in [4.78, 5) is 13.7. The van der Waals surface area contributed by atoms with E-state index in [0.29, 0.717) is 11.7 Å². The van der Waals surface area contributed by atoms with Crippen LogP contribution in [0.25, 0.3) is 0 Å². The van der Waals surface area contributed by atoms with Gasteiger partial charge in [0.15, 0.2) is 0 Å². The average Bonchev–Trinajstić information content (AvgIpc) is 2.77. The number of aryl methyl sites for hydroxylation is 1. The molecule has 0 aliphatic carbocycles. The van der Waals surface area contributed by atoms with Crippen molar-refractivity contribution in [2.45, 2.75) is 19.8 Å². The van der Waals surface area contributed by atoms with Crippen molar-refractivity contribution in [3.63, 3.8) is 0 Å². The first-order chi connectivity index (χ1) is 7.24. The Bertz CT molecular complexity index is 346. The summed E-state index contributed by atoms with van der Waals surface area (Å²) in [6.45, 7) is 4.40. The molecule has 0 atom stereocenters. The first-order valence-electron chi connectivity index (χ1n) is 5.06. The topological polar surface area (TPSA) is 58.1 Å². The van der Waals surface area contributed by atoms with Crippen LogP contribution in [0.15, 0.2) is 0 Å². The van der Waals surface area contributed by atoms with Gasteiger partial charge in [0.25, 0.3) is 0 Å². The number of hydrogen-bond donors (Lipinski definition) is 1. The Kier molecular flexibility index (Phi) is 3.27. The smallest absolute Gasteiger partial charge is 0.240 e. The van der Waals surface area contributed by atoms with Crippen LogP contribution in [0.2, 0.25) is 0 Å². The van der Waals surface area contributed by atoms with Crippen LogP contribution in [-0.4, -0.2) is 40.6 Å². The predicted octanol–water partition coefficient (Wildman–Crippen LogP) is 0.881. The second kappa shape index (κ2) is 4.67. The number of carbonyl (C=O) groups is 1. The van der Waals surface area contributed by atoms with Gasteiger partial charge in [-0.05, 0) is 32.9 Å². The zero-order valence-electron chi connectivity index (χ0n) is 8.69. The summed E-state index contributed by atoms with van der Waals surface area (Å²) in [6, 6.07) is 0. The van der Waals surface area contributed by atoms with Crippen molar-refractivity contribution in [1.29, 1.82) is 0 Å². The van der Waals surface area contributed by atoms with E-state index < -0.39 is 0 Å². The average molecular weight is 226 g/mol. The van der Waals surface area contributed by atoms with Crippen LogP contribution in [0.4, 0.5) is 5.13 Å². The normalized spacial score (nSPS) is 16.9. The van der Waals surface area contributed by atoms with Crippen molar-refractivity contribution in [2.24, 2.45) is 0 Å². The largest absolute Gasteiger partial charge is 0.299 e. The summed E-state index contributed by atoms with van der Waals surface area (Å²) in [7, 11) is 0. The number of nitrogens with one attached hydrogen (secondary N) is 1. The van der Waals surface area contributed by atoms with Gasteiger partial charge in [0.1, 0.15) is 5.01 Å². The van der Waals surface area contributed by atoms with Crippen molar-refractivity contribution >= 4 is 22.4 Å². The highest BCUT2D eigenvalue weighted by molar-refractivity contribution is 7.15. The van der Waals surface area contributed by atoms with Gasteiger partial charge in [0.05, 0.1) is 6.54 Å². The number of likely N-dealkylation sites (tertiary alicyclic amines) is 1. The lowest BCUT2D eigenvalue weighted by Crippen LogP contribution is -2.30. The van der Waals surface area contributed by atoms with Crippen molar-refractivity contribution in [1.82, 2.24) is 15.1 Å². The molecule has 1 aromatic heterocycles. The molecule has 0 bridgehead atoms. The van der Waals surface area contributed by atoms with Crippen LogP contribution >= 0.6 is 11.3 Å². The molecule has 1 aromatic rings. The van der Waals surface area contributed by atoms with Crippen LogP contribution in [-0.2, 0) is 4.79 Å². The number of carbonyl (C=O) groups excluding carboxylic acids is 1. The van der Waals surface area contributed by atoms with Crippen molar-refractivity contribution in [3.05, 3.63) is 5.01 Å². The van der Waals surface area contributed by atoms with Crippen LogP contribution in [0.3, 0.4) is 0 Å². The lowest BCUT2D eigenvalue weighted by molar-refractivity contribution is -0.117. The highest BCUT2D eigenvalue weighted by Crippen LogP contribution is 2.14. The van der Waals surface area contributed by atoms with E-state index in [9.17, 15) is 4.79 Å². The molecule has 1 aliphatic rings. The van der Waals surface area contributed by atoms with E-state index in [1.54, 1.807) is 0 Å². The van der Waals surface area contributed by atoms with Crippen molar-refractivity contribution < 1.29 is 4.79 Å². The second-order valence-corrected chi connectivity index (χ2v) is 4.84. The predicted molar refractivity (Wildman–Crippen MR) is 58.9 cm³/mol. The molecule has 1 aliphatic heterocycles. The van der Waals surface area contributed by atoms with Gasteiger partial charge in [0.2, 0.25) is 11.0 Å². The molecule has 2 rings (SSSR count). The Morgan fingerprint density at radius 3 is 2.80 bits per heavy atom. The maximum Gasteiger partial charge on any atom is 0.240 e. The number of nitrogens with zero attached hydrogens (tertiary/aromatic N) is 3. The van der Waals surface area contributed by atoms with E-state index >= 15 is 0 Å². The fourth-order valence-corrected chi connectivity index (χ4v) is 2.26. The maximum absolute atomic E-state index is 11.6. The van der Waals surface area contributed by atoms with Gasteiger partial charge >= 0.3 is 0 Å². The minimum Gasteiger partial charge on any atom is -0.299 e. The first-order valence-corrected chi connectivity index (χ1v) is 5.88. The Morgan fingerprint density at radius 2 is 2.20 bits per heavy atom. The molecule has 2 heterocycles. The van der Waals surface area contributed by atoms with E-state index in [1.807, 2.05) is 6.92 Å². The Balaban J connectivity index is 1.81. The minimum absolute atomic E-state index is 0.00745. The highest BCUT2D eigenvalue weighted by Gasteiger charge is 2.15. The summed E-state index contributed by atoms with van der Waals surface area (Å²) < 4.78 is 0. The molecule has 0 spiro atoms. The van der Waals surface area contributed by atoms with E-state index in [2.05, 4.69) is 20.4 Å². The SMILES string of the molecule is Cc1nnc(NC(=O)CN2CCCC2)s1. The van der Waals surface area contributed by atoms with Gasteiger partial charge in [0, 0.05) is 0 Å². The van der Waals surface area contributed by atoms with Crippen LogP contribution in [0.1, 0.15) is 17.8 Å². The molecule has 0 unspecified atom stereocenters. The third kappa shape index (κ3) is 2.97. The van der Waals surface area contributed by atoms with Crippen LogP contribution in [0, 0.1) is 6.92 Å². The summed E-state index contributed by atoms with van der Waals surface area (Å²) in [6.07, 6.45) is 2.40. The van der Waals surface area contributed by atoms with E-state index in [1.165, 1.54) is 24.2 Å². The fraction of sp³-hybridized carbons (Fsp3) is 0.667. The fourth-order valence-electron chi connectivity index (χ4n) is 1.65. The van der Waals surface area contributed by atoms with E-state index in [4.69, 9.17) is 0 Å². The molecular weight excluding hydrogens is 212 g/mol. The number of anilines is 1. The van der Waals surface area contributed by atoms with Gasteiger partial charge in [-0.15, -0.1) is 10.2 Å². The molecule has 1 fully saturated rings. The number of aromatic nitrogens is 2. The Hall–Kier alpha value is -1.01. The molecule has 0 saturated carbocycles. The third-order valence-corrected chi connectivity index (χ3v) is 3.09. The third-order valence-electron chi connectivity index (χ3n) is 2.34. The zero-order valence-corrected chi connectivity index (χ0v) is 9.51. The Labute approximate surface area is 92.5 Å². The number of amides is 1. The molecule has 1 amide bonds. The molecule has 1 saturated heterocycles.